The van der Waals surface area contributed by atoms with Crippen LogP contribution in [0.15, 0.2) is 0 Å². The van der Waals surface area contributed by atoms with Gasteiger partial charge in [-0.05, 0) is 31.1 Å². The van der Waals surface area contributed by atoms with E-state index in [4.69, 9.17) is 5.84 Å². The lowest BCUT2D eigenvalue weighted by Gasteiger charge is -2.31. The van der Waals surface area contributed by atoms with Crippen LogP contribution in [-0.4, -0.2) is 6.04 Å². The second-order valence-corrected chi connectivity index (χ2v) is 3.63. The molecule has 10 heavy (non-hydrogen) atoms. The van der Waals surface area contributed by atoms with Gasteiger partial charge in [-0.25, -0.2) is 0 Å². The highest BCUT2D eigenvalue weighted by Crippen LogP contribution is 2.28. The van der Waals surface area contributed by atoms with Crippen molar-refractivity contribution in [2.75, 3.05) is 0 Å². The zero-order valence-electron chi connectivity index (χ0n) is 6.93. The van der Waals surface area contributed by atoms with Gasteiger partial charge in [0.25, 0.3) is 0 Å². The minimum absolute atomic E-state index is 0.575. The molecule has 1 saturated carbocycles. The third kappa shape index (κ3) is 1.70. The summed E-state index contributed by atoms with van der Waals surface area (Å²) in [5, 5.41) is 0. The maximum absolute atomic E-state index is 5.36. The Bertz CT molecular complexity index is 103. The molecule has 0 aliphatic heterocycles. The van der Waals surface area contributed by atoms with Crippen LogP contribution in [-0.2, 0) is 0 Å². The molecule has 2 heteroatoms. The Kier molecular flexibility index (Phi) is 2.69. The molecular weight excluding hydrogens is 124 g/mol. The molecule has 0 aromatic carbocycles. The third-order valence-electron chi connectivity index (χ3n) is 2.83. The van der Waals surface area contributed by atoms with Gasteiger partial charge >= 0.3 is 0 Å². The van der Waals surface area contributed by atoms with Gasteiger partial charge in [0.2, 0.25) is 0 Å². The second kappa shape index (κ2) is 3.35. The summed E-state index contributed by atoms with van der Waals surface area (Å²) < 4.78 is 0. The van der Waals surface area contributed by atoms with Crippen molar-refractivity contribution < 1.29 is 0 Å². The molecule has 1 fully saturated rings. The van der Waals surface area contributed by atoms with Crippen molar-refractivity contribution in [3.8, 4) is 0 Å². The van der Waals surface area contributed by atoms with Gasteiger partial charge in [0.05, 0.1) is 0 Å². The Morgan fingerprint density at radius 1 is 1.20 bits per heavy atom. The molecule has 0 heterocycles. The van der Waals surface area contributed by atoms with Crippen LogP contribution in [0, 0.1) is 11.8 Å². The van der Waals surface area contributed by atoms with E-state index in [9.17, 15) is 0 Å². The van der Waals surface area contributed by atoms with Crippen molar-refractivity contribution in [1.29, 1.82) is 0 Å². The summed E-state index contributed by atoms with van der Waals surface area (Å²) in [4.78, 5) is 0. The molecule has 1 rings (SSSR count). The molecule has 0 aromatic rings. The standard InChI is InChI=1S/C8H18N2/c1-6-3-4-8(10-9)5-7(6)2/h6-8,10H,3-5,9H2,1-2H3/t6-,7-,8+/m1/s1. The summed E-state index contributed by atoms with van der Waals surface area (Å²) in [7, 11) is 0. The highest BCUT2D eigenvalue weighted by atomic mass is 15.2. The van der Waals surface area contributed by atoms with Gasteiger partial charge in [0.15, 0.2) is 0 Å². The van der Waals surface area contributed by atoms with E-state index < -0.39 is 0 Å². The molecule has 1 aliphatic carbocycles. The SMILES string of the molecule is C[C@@H]1CC[C@H](NN)C[C@H]1C. The molecule has 0 spiro atoms. The zero-order valence-corrected chi connectivity index (χ0v) is 6.93. The monoisotopic (exact) mass is 142 g/mol. The average molecular weight is 142 g/mol. The molecular formula is C8H18N2. The summed E-state index contributed by atoms with van der Waals surface area (Å²) in [6, 6.07) is 0.575. The Morgan fingerprint density at radius 3 is 2.40 bits per heavy atom. The van der Waals surface area contributed by atoms with Crippen molar-refractivity contribution in [2.45, 2.75) is 39.2 Å². The van der Waals surface area contributed by atoms with Crippen LogP contribution in [0.3, 0.4) is 0 Å². The van der Waals surface area contributed by atoms with Gasteiger partial charge in [-0.2, -0.15) is 0 Å². The van der Waals surface area contributed by atoms with Crippen LogP contribution < -0.4 is 11.3 Å². The van der Waals surface area contributed by atoms with E-state index >= 15 is 0 Å². The summed E-state index contributed by atoms with van der Waals surface area (Å²) in [6.07, 6.45) is 3.83. The number of nitrogens with two attached hydrogens (primary N) is 1. The summed E-state index contributed by atoms with van der Waals surface area (Å²) >= 11 is 0. The predicted molar refractivity (Wildman–Crippen MR) is 43.3 cm³/mol. The van der Waals surface area contributed by atoms with E-state index in [-0.39, 0.29) is 0 Å². The lowest BCUT2D eigenvalue weighted by molar-refractivity contribution is 0.227. The maximum Gasteiger partial charge on any atom is 0.0213 e. The van der Waals surface area contributed by atoms with Gasteiger partial charge in [-0.15, -0.1) is 0 Å². The van der Waals surface area contributed by atoms with Gasteiger partial charge < -0.3 is 0 Å². The first-order chi connectivity index (χ1) is 4.74. The smallest absolute Gasteiger partial charge is 0.0213 e. The zero-order chi connectivity index (χ0) is 7.56. The van der Waals surface area contributed by atoms with Gasteiger partial charge in [-0.3, -0.25) is 11.3 Å². The highest BCUT2D eigenvalue weighted by molar-refractivity contribution is 4.77. The number of hydrogen-bond acceptors (Lipinski definition) is 2. The van der Waals surface area contributed by atoms with Crippen molar-refractivity contribution in [3.63, 3.8) is 0 Å². The fourth-order valence-electron chi connectivity index (χ4n) is 1.70. The number of rotatable bonds is 1. The van der Waals surface area contributed by atoms with E-state index in [1.807, 2.05) is 0 Å². The summed E-state index contributed by atoms with van der Waals surface area (Å²) in [5.74, 6) is 7.10. The maximum atomic E-state index is 5.36. The van der Waals surface area contributed by atoms with E-state index in [1.165, 1.54) is 19.3 Å². The first-order valence-corrected chi connectivity index (χ1v) is 4.20. The normalized spacial score (nSPS) is 41.7. The molecule has 2 nitrogen and oxygen atoms in total. The van der Waals surface area contributed by atoms with Crippen LogP contribution in [0.2, 0.25) is 0 Å². The van der Waals surface area contributed by atoms with E-state index in [2.05, 4.69) is 19.3 Å². The van der Waals surface area contributed by atoms with Crippen LogP contribution in [0.1, 0.15) is 33.1 Å². The Balaban J connectivity index is 2.33. The van der Waals surface area contributed by atoms with Crippen LogP contribution in [0.4, 0.5) is 0 Å². The van der Waals surface area contributed by atoms with Crippen molar-refractivity contribution in [1.82, 2.24) is 5.43 Å². The Hall–Kier alpha value is -0.0800. The largest absolute Gasteiger partial charge is 0.271 e. The number of hydrogen-bond donors (Lipinski definition) is 2. The molecule has 0 amide bonds. The minimum Gasteiger partial charge on any atom is -0.271 e. The second-order valence-electron chi connectivity index (χ2n) is 3.63. The van der Waals surface area contributed by atoms with Gasteiger partial charge in [0, 0.05) is 6.04 Å². The molecule has 0 bridgehead atoms. The molecule has 1 aliphatic rings. The van der Waals surface area contributed by atoms with E-state index in [0.717, 1.165) is 11.8 Å². The molecule has 0 aromatic heterocycles. The number of nitrogens with one attached hydrogen (secondary N) is 1. The fraction of sp³-hybridized carbons (Fsp3) is 1.00. The quantitative estimate of drug-likeness (QED) is 0.427. The molecule has 3 atom stereocenters. The van der Waals surface area contributed by atoms with Crippen molar-refractivity contribution in [3.05, 3.63) is 0 Å². The fourth-order valence-corrected chi connectivity index (χ4v) is 1.70. The van der Waals surface area contributed by atoms with E-state index in [1.54, 1.807) is 0 Å². The summed E-state index contributed by atoms with van der Waals surface area (Å²) in [6.45, 7) is 4.64. The Morgan fingerprint density at radius 2 is 1.90 bits per heavy atom. The average Bonchev–Trinajstić information content (AvgIpc) is 1.95. The number of hydrazine groups is 1. The molecule has 0 unspecified atom stereocenters. The predicted octanol–water partition coefficient (Wildman–Crippen LogP) is 1.27. The summed E-state index contributed by atoms with van der Waals surface area (Å²) in [5.41, 5.74) is 2.85. The van der Waals surface area contributed by atoms with Crippen molar-refractivity contribution >= 4 is 0 Å². The molecule has 0 radical (unpaired) electrons. The van der Waals surface area contributed by atoms with Crippen LogP contribution in [0.25, 0.3) is 0 Å². The van der Waals surface area contributed by atoms with Gasteiger partial charge in [0.1, 0.15) is 0 Å². The highest BCUT2D eigenvalue weighted by Gasteiger charge is 2.23. The van der Waals surface area contributed by atoms with Crippen molar-refractivity contribution in [2.24, 2.45) is 17.7 Å². The lowest BCUT2D eigenvalue weighted by atomic mass is 9.79. The molecule has 60 valence electrons. The van der Waals surface area contributed by atoms with Crippen LogP contribution in [0.5, 0.6) is 0 Å². The first-order valence-electron chi connectivity index (χ1n) is 4.20. The van der Waals surface area contributed by atoms with Crippen LogP contribution >= 0.6 is 0 Å². The molecule has 0 saturated heterocycles. The topological polar surface area (TPSA) is 38.0 Å². The minimum atomic E-state index is 0.575. The van der Waals surface area contributed by atoms with E-state index in [0.29, 0.717) is 6.04 Å². The first kappa shape index (κ1) is 8.02. The van der Waals surface area contributed by atoms with Gasteiger partial charge in [-0.1, -0.05) is 13.8 Å². The third-order valence-corrected chi connectivity index (χ3v) is 2.83. The Labute approximate surface area is 63.1 Å². The molecule has 3 N–H and O–H groups in total. The lowest BCUT2D eigenvalue weighted by Crippen LogP contribution is -2.40.